The largest absolute Gasteiger partial charge is 0.294 e. The molecule has 0 unspecified atom stereocenters. The van der Waals surface area contributed by atoms with E-state index >= 15 is 0 Å². The van der Waals surface area contributed by atoms with Gasteiger partial charge in [-0.15, -0.1) is 34.4 Å². The average Bonchev–Trinajstić information content (AvgIpc) is 3.80. The average molecular weight is 677 g/mol. The predicted octanol–water partition coefficient (Wildman–Crippen LogP) is 10.1. The summed E-state index contributed by atoms with van der Waals surface area (Å²) in [5.74, 6) is 0. The van der Waals surface area contributed by atoms with Crippen LogP contribution in [0.4, 0.5) is 0 Å². The van der Waals surface area contributed by atoms with Crippen molar-refractivity contribution in [1.82, 2.24) is 19.5 Å². The van der Waals surface area contributed by atoms with Crippen LogP contribution in [0.25, 0.3) is 49.3 Å². The maximum absolute atomic E-state index is 10.8. The Morgan fingerprint density at radius 3 is 2.07 bits per heavy atom. The van der Waals surface area contributed by atoms with Crippen molar-refractivity contribution in [3.8, 4) is 61.5 Å². The zero-order valence-corrected chi connectivity index (χ0v) is 28.3. The molecule has 4 aromatic heterocycles. The van der Waals surface area contributed by atoms with Crippen LogP contribution in [-0.2, 0) is 0 Å². The smallest absolute Gasteiger partial charge is 0.144 e. The summed E-state index contributed by atoms with van der Waals surface area (Å²) in [7, 11) is 0. The third-order valence-electron chi connectivity index (χ3n) is 6.82. The molecule has 6 aromatic rings. The SMILES string of the molecule is CC(C)SCSc1nc(-c2nccs2)c(-n2c(-c3nccs3)cc(-c3ccccc3)c(C#N)c2=S)c(-c2ccccc2)c1C#N. The molecular weight excluding hydrogens is 653 g/mol. The molecule has 2 aromatic carbocycles. The highest BCUT2D eigenvalue weighted by Gasteiger charge is 2.28. The van der Waals surface area contributed by atoms with Crippen LogP contribution in [0, 0.1) is 27.3 Å². The number of pyridine rings is 2. The van der Waals surface area contributed by atoms with E-state index in [-0.39, 0.29) is 0 Å². The molecule has 0 bridgehead atoms. The highest BCUT2D eigenvalue weighted by Crippen LogP contribution is 2.44. The molecule has 0 radical (unpaired) electrons. The Morgan fingerprint density at radius 1 is 0.867 bits per heavy atom. The van der Waals surface area contributed by atoms with Crippen molar-refractivity contribution < 1.29 is 0 Å². The van der Waals surface area contributed by atoms with Gasteiger partial charge in [0, 0.05) is 39.4 Å². The van der Waals surface area contributed by atoms with E-state index in [1.54, 1.807) is 35.9 Å². The molecule has 0 spiro atoms. The summed E-state index contributed by atoms with van der Waals surface area (Å²) in [6, 6.07) is 26.4. The fourth-order valence-corrected chi connectivity index (χ4v) is 8.74. The monoisotopic (exact) mass is 676 g/mol. The van der Waals surface area contributed by atoms with E-state index in [2.05, 4.69) is 36.0 Å². The third kappa shape index (κ3) is 6.23. The van der Waals surface area contributed by atoms with Crippen molar-refractivity contribution >= 4 is 58.4 Å². The topological polar surface area (TPSA) is 91.2 Å². The zero-order valence-electron chi connectivity index (χ0n) is 24.2. The highest BCUT2D eigenvalue weighted by molar-refractivity contribution is 8.16. The second-order valence-electron chi connectivity index (χ2n) is 9.93. The van der Waals surface area contributed by atoms with Crippen LogP contribution in [0.2, 0.25) is 0 Å². The molecule has 11 heteroatoms. The lowest BCUT2D eigenvalue weighted by molar-refractivity contribution is 0.991. The van der Waals surface area contributed by atoms with Crippen molar-refractivity contribution in [3.63, 3.8) is 0 Å². The van der Waals surface area contributed by atoms with Crippen LogP contribution in [0.3, 0.4) is 0 Å². The van der Waals surface area contributed by atoms with E-state index in [4.69, 9.17) is 17.2 Å². The fourth-order valence-electron chi connectivity index (χ4n) is 4.87. The third-order valence-corrected chi connectivity index (χ3v) is 11.0. The van der Waals surface area contributed by atoms with Gasteiger partial charge >= 0.3 is 0 Å². The van der Waals surface area contributed by atoms with Gasteiger partial charge in [-0.25, -0.2) is 15.0 Å². The van der Waals surface area contributed by atoms with Gasteiger partial charge in [0.1, 0.15) is 37.5 Å². The fraction of sp³-hybridized carbons (Fsp3) is 0.118. The number of hydrogen-bond acceptors (Lipinski definition) is 10. The number of rotatable bonds is 9. The molecule has 0 aliphatic heterocycles. The number of hydrogen-bond donors (Lipinski definition) is 0. The lowest BCUT2D eigenvalue weighted by Crippen LogP contribution is -2.11. The Bertz CT molecular complexity index is 2090. The summed E-state index contributed by atoms with van der Waals surface area (Å²) < 4.78 is 2.18. The molecule has 220 valence electrons. The van der Waals surface area contributed by atoms with Gasteiger partial charge in [0.05, 0.1) is 22.5 Å². The van der Waals surface area contributed by atoms with Gasteiger partial charge in [-0.05, 0) is 22.4 Å². The van der Waals surface area contributed by atoms with Gasteiger partial charge in [-0.1, -0.05) is 98.5 Å². The van der Waals surface area contributed by atoms with E-state index in [0.29, 0.717) is 59.3 Å². The standard InChI is InChI=1S/C34H24N6S5/c1-21(2)44-20-45-31-26(19-36)28(23-11-7-4-8-12-23)30(29(39-31)33-38-14-16-43-33)40-27(32-37-13-15-42-32)17-24(25(18-35)34(40)41)22-9-5-3-6-10-22/h3-17,21H,20H2,1-2H3. The summed E-state index contributed by atoms with van der Waals surface area (Å²) in [5.41, 5.74) is 5.79. The van der Waals surface area contributed by atoms with Crippen molar-refractivity contribution in [2.75, 3.05) is 5.08 Å². The molecule has 0 fully saturated rings. The first-order chi connectivity index (χ1) is 22.0. The Kier molecular flexibility index (Phi) is 9.55. The van der Waals surface area contributed by atoms with Crippen LogP contribution in [0.15, 0.2) is 94.9 Å². The molecule has 0 N–H and O–H groups in total. The molecule has 6 rings (SSSR count). The van der Waals surface area contributed by atoms with Crippen LogP contribution < -0.4 is 0 Å². The summed E-state index contributed by atoms with van der Waals surface area (Å²) in [6.45, 7) is 4.30. The molecule has 6 nitrogen and oxygen atoms in total. The molecule has 0 aliphatic carbocycles. The second kappa shape index (κ2) is 13.9. The lowest BCUT2D eigenvalue weighted by atomic mass is 9.96. The van der Waals surface area contributed by atoms with E-state index < -0.39 is 0 Å². The maximum atomic E-state index is 10.8. The normalized spacial score (nSPS) is 11.0. The van der Waals surface area contributed by atoms with Gasteiger partial charge in [-0.3, -0.25) is 4.57 Å². The van der Waals surface area contributed by atoms with Crippen LogP contribution >= 0.6 is 58.4 Å². The van der Waals surface area contributed by atoms with Crippen molar-refractivity contribution in [1.29, 1.82) is 10.5 Å². The highest BCUT2D eigenvalue weighted by atomic mass is 32.2. The molecule has 0 amide bonds. The number of benzene rings is 2. The minimum Gasteiger partial charge on any atom is -0.294 e. The van der Waals surface area contributed by atoms with Crippen LogP contribution in [0.1, 0.15) is 25.0 Å². The first-order valence-electron chi connectivity index (χ1n) is 13.8. The van der Waals surface area contributed by atoms with Crippen molar-refractivity contribution in [2.45, 2.75) is 24.1 Å². The molecule has 45 heavy (non-hydrogen) atoms. The van der Waals surface area contributed by atoms with E-state index in [1.807, 2.05) is 82.1 Å². The van der Waals surface area contributed by atoms with Crippen LogP contribution in [-0.4, -0.2) is 29.9 Å². The lowest BCUT2D eigenvalue weighted by Gasteiger charge is -2.23. The van der Waals surface area contributed by atoms with Gasteiger partial charge in [0.25, 0.3) is 0 Å². The van der Waals surface area contributed by atoms with E-state index in [1.165, 1.54) is 22.7 Å². The number of nitrogens with zero attached hydrogens (tertiary/aromatic N) is 6. The molecule has 0 atom stereocenters. The first kappa shape index (κ1) is 30.9. The Labute approximate surface area is 283 Å². The maximum Gasteiger partial charge on any atom is 0.144 e. The van der Waals surface area contributed by atoms with Gasteiger partial charge in [-0.2, -0.15) is 10.5 Å². The Hall–Kier alpha value is -4.10. The van der Waals surface area contributed by atoms with Gasteiger partial charge in [0.15, 0.2) is 0 Å². The molecule has 0 aliphatic rings. The van der Waals surface area contributed by atoms with Crippen molar-refractivity contribution in [3.05, 3.63) is 106 Å². The van der Waals surface area contributed by atoms with E-state index in [0.717, 1.165) is 21.2 Å². The molecule has 4 heterocycles. The summed E-state index contributed by atoms with van der Waals surface area (Å²) in [4.78, 5) is 14.5. The summed E-state index contributed by atoms with van der Waals surface area (Å²) >= 11 is 12.5. The Balaban J connectivity index is 1.79. The molecule has 0 saturated heterocycles. The summed E-state index contributed by atoms with van der Waals surface area (Å²) in [6.07, 6.45) is 3.49. The number of aromatic nitrogens is 4. The van der Waals surface area contributed by atoms with Crippen LogP contribution in [0.5, 0.6) is 0 Å². The number of nitriles is 2. The molecular formula is C34H24N6S5. The first-order valence-corrected chi connectivity index (χ1v) is 18.1. The second-order valence-corrected chi connectivity index (χ2v) is 15.0. The van der Waals surface area contributed by atoms with Gasteiger partial charge < -0.3 is 0 Å². The van der Waals surface area contributed by atoms with E-state index in [9.17, 15) is 10.5 Å². The summed E-state index contributed by atoms with van der Waals surface area (Å²) in [5, 5.41) is 28.3. The minimum absolute atomic E-state index is 0.306. The van der Waals surface area contributed by atoms with Crippen molar-refractivity contribution in [2.24, 2.45) is 0 Å². The zero-order chi connectivity index (χ0) is 31.3. The van der Waals surface area contributed by atoms with Gasteiger partial charge in [0.2, 0.25) is 0 Å². The predicted molar refractivity (Wildman–Crippen MR) is 190 cm³/mol. The number of thiazole rings is 2. The Morgan fingerprint density at radius 2 is 1.49 bits per heavy atom. The number of thioether (sulfide) groups is 2. The minimum atomic E-state index is 0.306. The molecule has 0 saturated carbocycles. The quantitative estimate of drug-likeness (QED) is 0.0849.